The molecule has 5 nitrogen and oxygen atoms in total. The van der Waals surface area contributed by atoms with Crippen LogP contribution in [0.4, 0.5) is 0 Å². The van der Waals surface area contributed by atoms with Gasteiger partial charge >= 0.3 is 5.97 Å². The van der Waals surface area contributed by atoms with Crippen molar-refractivity contribution in [1.29, 1.82) is 5.26 Å². The van der Waals surface area contributed by atoms with E-state index in [2.05, 4.69) is 6.07 Å². The fourth-order valence-electron chi connectivity index (χ4n) is 1.63. The second-order valence-corrected chi connectivity index (χ2v) is 7.17. The summed E-state index contributed by atoms with van der Waals surface area (Å²) < 4.78 is 22.6. The average molecular weight is 281 g/mol. The number of carbonyl (C=O) groups is 1. The highest BCUT2D eigenvalue weighted by Crippen LogP contribution is 2.25. The number of hydrogen-bond acceptors (Lipinski definition) is 4. The number of benzene rings is 1. The third-order valence-electron chi connectivity index (χ3n) is 2.67. The van der Waals surface area contributed by atoms with E-state index in [1.165, 1.54) is 12.1 Å². The van der Waals surface area contributed by atoms with Gasteiger partial charge in [0.25, 0.3) is 0 Å². The second-order valence-electron chi connectivity index (χ2n) is 5.03. The average Bonchev–Trinajstić information content (AvgIpc) is 2.26. The van der Waals surface area contributed by atoms with Gasteiger partial charge in [0.2, 0.25) is 0 Å². The molecule has 0 aliphatic rings. The second kappa shape index (κ2) is 5.02. The molecule has 0 fully saturated rings. The molecule has 1 aromatic rings. The fraction of sp³-hybridized carbons (Fsp3) is 0.385. The smallest absolute Gasteiger partial charge is 0.335 e. The Morgan fingerprint density at radius 3 is 2.37 bits per heavy atom. The van der Waals surface area contributed by atoms with Gasteiger partial charge in [-0.15, -0.1) is 0 Å². The summed E-state index contributed by atoms with van der Waals surface area (Å²) in [5.41, 5.74) is -0.0219. The number of carboxylic acids is 1. The molecule has 0 aliphatic heterocycles. The minimum Gasteiger partial charge on any atom is -0.478 e. The Labute approximate surface area is 112 Å². The molecule has 0 aliphatic carbocycles. The highest BCUT2D eigenvalue weighted by Gasteiger charge is 2.22. The Bertz CT molecular complexity index is 654. The number of aromatic carboxylic acids is 1. The predicted octanol–water partition coefficient (Wildman–Crippen LogP) is 1.73. The summed E-state index contributed by atoms with van der Waals surface area (Å²) in [5, 5.41) is 18.1. The van der Waals surface area contributed by atoms with Crippen molar-refractivity contribution in [3.05, 3.63) is 34.9 Å². The molecule has 0 spiro atoms. The molecule has 1 rings (SSSR count). The lowest BCUT2D eigenvalue weighted by molar-refractivity contribution is 0.0696. The fourth-order valence-corrected chi connectivity index (χ4v) is 2.40. The van der Waals surface area contributed by atoms with Crippen LogP contribution < -0.4 is 0 Å². The number of sulfone groups is 1. The number of carboxylic acid groups (broad SMARTS) is 1. The molecule has 0 unspecified atom stereocenters. The minimum absolute atomic E-state index is 0.0144. The van der Waals surface area contributed by atoms with Gasteiger partial charge in [-0.1, -0.05) is 6.07 Å². The third-order valence-corrected chi connectivity index (χ3v) is 3.53. The molecular weight excluding hydrogens is 266 g/mol. The van der Waals surface area contributed by atoms with Crippen LogP contribution in [0.3, 0.4) is 0 Å². The summed E-state index contributed by atoms with van der Waals surface area (Å²) in [6.45, 7) is 3.30. The van der Waals surface area contributed by atoms with Crippen molar-refractivity contribution in [3.63, 3.8) is 0 Å². The van der Waals surface area contributed by atoms with Crippen LogP contribution in [0.5, 0.6) is 0 Å². The van der Waals surface area contributed by atoms with Crippen LogP contribution in [-0.4, -0.2) is 25.7 Å². The van der Waals surface area contributed by atoms with E-state index in [1.807, 2.05) is 0 Å². The zero-order valence-corrected chi connectivity index (χ0v) is 11.8. The number of nitriles is 1. The summed E-state index contributed by atoms with van der Waals surface area (Å²) in [4.78, 5) is 11.1. The summed E-state index contributed by atoms with van der Waals surface area (Å²) in [6, 6.07) is 6.36. The normalized spacial score (nSPS) is 11.9. The Morgan fingerprint density at radius 2 is 1.95 bits per heavy atom. The molecule has 0 aromatic heterocycles. The summed E-state index contributed by atoms with van der Waals surface area (Å²) in [6.07, 6.45) is 1.08. The van der Waals surface area contributed by atoms with Gasteiger partial charge in [-0.05, 0) is 37.1 Å². The molecule has 6 heteroatoms. The van der Waals surface area contributed by atoms with E-state index in [1.54, 1.807) is 19.9 Å². The van der Waals surface area contributed by atoms with E-state index >= 15 is 0 Å². The maximum atomic E-state index is 11.3. The first-order chi connectivity index (χ1) is 8.55. The first-order valence-electron chi connectivity index (χ1n) is 5.52. The zero-order valence-electron chi connectivity index (χ0n) is 11.0. The van der Waals surface area contributed by atoms with Crippen LogP contribution >= 0.6 is 0 Å². The molecule has 0 amide bonds. The first kappa shape index (κ1) is 15.2. The largest absolute Gasteiger partial charge is 0.478 e. The maximum Gasteiger partial charge on any atom is 0.335 e. The third kappa shape index (κ3) is 4.07. The van der Waals surface area contributed by atoms with Crippen molar-refractivity contribution in [3.8, 4) is 6.07 Å². The van der Waals surface area contributed by atoms with E-state index in [9.17, 15) is 13.2 Å². The van der Waals surface area contributed by atoms with Crippen molar-refractivity contribution in [2.45, 2.75) is 25.0 Å². The molecule has 0 saturated heterocycles. The minimum atomic E-state index is -3.26. The lowest BCUT2D eigenvalue weighted by atomic mass is 9.84. The Balaban J connectivity index is 3.43. The number of nitrogens with zero attached hydrogens (tertiary/aromatic N) is 1. The van der Waals surface area contributed by atoms with Gasteiger partial charge in [0.1, 0.15) is 0 Å². The van der Waals surface area contributed by atoms with Gasteiger partial charge in [0.15, 0.2) is 9.84 Å². The lowest BCUT2D eigenvalue weighted by Gasteiger charge is -2.17. The van der Waals surface area contributed by atoms with E-state index in [0.29, 0.717) is 11.1 Å². The topological polar surface area (TPSA) is 95.2 Å². The number of hydrogen-bond donors (Lipinski definition) is 1. The zero-order chi connectivity index (χ0) is 14.8. The predicted molar refractivity (Wildman–Crippen MR) is 70.6 cm³/mol. The summed E-state index contributed by atoms with van der Waals surface area (Å²) in [5.74, 6) is -1.40. The van der Waals surface area contributed by atoms with Crippen molar-refractivity contribution in [2.75, 3.05) is 6.26 Å². The monoisotopic (exact) mass is 281 g/mol. The van der Waals surface area contributed by atoms with Crippen LogP contribution in [0, 0.1) is 11.3 Å². The molecule has 0 radical (unpaired) electrons. The van der Waals surface area contributed by atoms with Crippen molar-refractivity contribution in [2.24, 2.45) is 0 Å². The molecular formula is C13H15NO4S. The molecule has 1 aromatic carbocycles. The molecule has 0 atom stereocenters. The van der Waals surface area contributed by atoms with Crippen LogP contribution in [0.15, 0.2) is 18.2 Å². The van der Waals surface area contributed by atoms with E-state index in [-0.39, 0.29) is 11.3 Å². The van der Waals surface area contributed by atoms with E-state index < -0.39 is 21.2 Å². The van der Waals surface area contributed by atoms with Crippen LogP contribution in [0.25, 0.3) is 0 Å². The molecule has 19 heavy (non-hydrogen) atoms. The van der Waals surface area contributed by atoms with Crippen molar-refractivity contribution in [1.82, 2.24) is 0 Å². The number of rotatable bonds is 4. The highest BCUT2D eigenvalue weighted by atomic mass is 32.2. The van der Waals surface area contributed by atoms with E-state index in [4.69, 9.17) is 10.4 Å². The van der Waals surface area contributed by atoms with Gasteiger partial charge < -0.3 is 5.11 Å². The quantitative estimate of drug-likeness (QED) is 0.906. The van der Waals surface area contributed by atoms with Crippen molar-refractivity contribution >= 4 is 15.8 Å². The summed E-state index contributed by atoms with van der Waals surface area (Å²) in [7, 11) is -3.26. The van der Waals surface area contributed by atoms with Crippen molar-refractivity contribution < 1.29 is 18.3 Å². The Kier molecular flexibility index (Phi) is 4.01. The summed E-state index contributed by atoms with van der Waals surface area (Å²) >= 11 is 0. The van der Waals surface area contributed by atoms with Crippen LogP contribution in [-0.2, 0) is 21.0 Å². The lowest BCUT2D eigenvalue weighted by Crippen LogP contribution is -2.16. The molecule has 1 N–H and O–H groups in total. The molecule has 102 valence electrons. The first-order valence-corrected chi connectivity index (χ1v) is 7.58. The van der Waals surface area contributed by atoms with Crippen LogP contribution in [0.2, 0.25) is 0 Å². The van der Waals surface area contributed by atoms with E-state index in [0.717, 1.165) is 6.26 Å². The molecule has 0 bridgehead atoms. The standard InChI is InChI=1S/C13H15NO4S/c1-13(2,8-14)11-5-9(7-19(3,17)18)4-10(6-11)12(15)16/h4-6H,7H2,1-3H3,(H,15,16). The van der Waals surface area contributed by atoms with Crippen LogP contribution in [0.1, 0.15) is 35.3 Å². The molecule has 0 saturated carbocycles. The molecule has 0 heterocycles. The maximum absolute atomic E-state index is 11.3. The Hall–Kier alpha value is -1.87. The van der Waals surface area contributed by atoms with Gasteiger partial charge in [-0.2, -0.15) is 5.26 Å². The van der Waals surface area contributed by atoms with Gasteiger partial charge in [0.05, 0.1) is 22.8 Å². The highest BCUT2D eigenvalue weighted by molar-refractivity contribution is 7.89. The Morgan fingerprint density at radius 1 is 1.37 bits per heavy atom. The van der Waals surface area contributed by atoms with Gasteiger partial charge in [-0.25, -0.2) is 13.2 Å². The van der Waals surface area contributed by atoms with Gasteiger partial charge in [-0.3, -0.25) is 0 Å². The van der Waals surface area contributed by atoms with Gasteiger partial charge in [0, 0.05) is 6.26 Å². The SMILES string of the molecule is CC(C)(C#N)c1cc(CS(C)(=O)=O)cc(C(=O)O)c1.